The number of hydrogen-bond acceptors (Lipinski definition) is 2. The standard InChI is InChI=1S/C8H17BrN2O/c1-2-7(8(10)12)11-6-4-3-5-9/h7,11H,2-6H2,1H3,(H2,10,12)/t7-/m0/s1. The van der Waals surface area contributed by atoms with Gasteiger partial charge in [-0.3, -0.25) is 4.79 Å². The zero-order chi connectivity index (χ0) is 9.40. The van der Waals surface area contributed by atoms with E-state index in [1.807, 2.05) is 6.92 Å². The molecule has 0 saturated carbocycles. The second-order valence-electron chi connectivity index (χ2n) is 2.71. The van der Waals surface area contributed by atoms with Crippen LogP contribution in [-0.2, 0) is 4.79 Å². The first-order valence-corrected chi connectivity index (χ1v) is 5.43. The Bertz CT molecular complexity index is 130. The number of nitrogens with two attached hydrogens (primary N) is 1. The topological polar surface area (TPSA) is 55.1 Å². The van der Waals surface area contributed by atoms with Gasteiger partial charge in [-0.05, 0) is 25.8 Å². The second kappa shape index (κ2) is 7.55. The number of unbranched alkanes of at least 4 members (excludes halogenated alkanes) is 1. The number of hydrogen-bond donors (Lipinski definition) is 2. The molecule has 0 aliphatic rings. The van der Waals surface area contributed by atoms with Crippen LogP contribution in [0.5, 0.6) is 0 Å². The molecule has 0 spiro atoms. The minimum Gasteiger partial charge on any atom is -0.368 e. The van der Waals surface area contributed by atoms with Crippen molar-refractivity contribution < 1.29 is 4.79 Å². The molecular formula is C8H17BrN2O. The summed E-state index contributed by atoms with van der Waals surface area (Å²) in [7, 11) is 0. The molecule has 72 valence electrons. The van der Waals surface area contributed by atoms with Gasteiger partial charge in [0.05, 0.1) is 6.04 Å². The minimum absolute atomic E-state index is 0.152. The fourth-order valence-corrected chi connectivity index (χ4v) is 1.34. The van der Waals surface area contributed by atoms with Crippen LogP contribution in [0.25, 0.3) is 0 Å². The van der Waals surface area contributed by atoms with Gasteiger partial charge in [0.2, 0.25) is 5.91 Å². The Kier molecular flexibility index (Phi) is 7.50. The Morgan fingerprint density at radius 1 is 1.58 bits per heavy atom. The molecule has 0 rings (SSSR count). The Morgan fingerprint density at radius 3 is 2.67 bits per heavy atom. The van der Waals surface area contributed by atoms with Gasteiger partial charge in [-0.2, -0.15) is 0 Å². The minimum atomic E-state index is -0.253. The highest BCUT2D eigenvalue weighted by Crippen LogP contribution is 1.94. The van der Waals surface area contributed by atoms with E-state index in [1.54, 1.807) is 0 Å². The van der Waals surface area contributed by atoms with E-state index < -0.39 is 0 Å². The smallest absolute Gasteiger partial charge is 0.234 e. The Hall–Kier alpha value is -0.0900. The molecule has 3 N–H and O–H groups in total. The van der Waals surface area contributed by atoms with Gasteiger partial charge in [0.25, 0.3) is 0 Å². The molecule has 1 amide bonds. The van der Waals surface area contributed by atoms with E-state index in [1.165, 1.54) is 0 Å². The van der Waals surface area contributed by atoms with Gasteiger partial charge in [0, 0.05) is 5.33 Å². The summed E-state index contributed by atoms with van der Waals surface area (Å²) in [6, 6.07) is -0.152. The first kappa shape index (κ1) is 11.9. The Labute approximate surface area is 82.2 Å². The van der Waals surface area contributed by atoms with E-state index in [-0.39, 0.29) is 11.9 Å². The van der Waals surface area contributed by atoms with E-state index in [9.17, 15) is 4.79 Å². The zero-order valence-electron chi connectivity index (χ0n) is 7.48. The second-order valence-corrected chi connectivity index (χ2v) is 3.51. The molecule has 1 atom stereocenters. The lowest BCUT2D eigenvalue weighted by atomic mass is 10.2. The molecule has 0 fully saturated rings. The molecule has 0 aromatic heterocycles. The summed E-state index contributed by atoms with van der Waals surface area (Å²) >= 11 is 3.34. The summed E-state index contributed by atoms with van der Waals surface area (Å²) in [5, 5.41) is 4.12. The van der Waals surface area contributed by atoms with E-state index in [0.717, 1.165) is 31.1 Å². The number of halogens is 1. The summed E-state index contributed by atoms with van der Waals surface area (Å²) in [6.07, 6.45) is 2.97. The van der Waals surface area contributed by atoms with E-state index in [4.69, 9.17) is 5.73 Å². The Morgan fingerprint density at radius 2 is 2.25 bits per heavy atom. The molecule has 0 heterocycles. The predicted molar refractivity (Wildman–Crippen MR) is 54.3 cm³/mol. The third kappa shape index (κ3) is 5.55. The molecular weight excluding hydrogens is 220 g/mol. The van der Waals surface area contributed by atoms with Gasteiger partial charge in [-0.15, -0.1) is 0 Å². The average molecular weight is 237 g/mol. The third-order valence-corrected chi connectivity index (χ3v) is 2.26. The van der Waals surface area contributed by atoms with Crippen molar-refractivity contribution >= 4 is 21.8 Å². The van der Waals surface area contributed by atoms with Crippen LogP contribution in [0.3, 0.4) is 0 Å². The lowest BCUT2D eigenvalue weighted by molar-refractivity contribution is -0.120. The molecule has 0 bridgehead atoms. The highest BCUT2D eigenvalue weighted by molar-refractivity contribution is 9.09. The van der Waals surface area contributed by atoms with Crippen LogP contribution in [0, 0.1) is 0 Å². The van der Waals surface area contributed by atoms with Gasteiger partial charge < -0.3 is 11.1 Å². The molecule has 0 unspecified atom stereocenters. The highest BCUT2D eigenvalue weighted by atomic mass is 79.9. The molecule has 0 aromatic rings. The SMILES string of the molecule is CC[C@H](NCCCCBr)C(N)=O. The number of carbonyl (C=O) groups is 1. The fraction of sp³-hybridized carbons (Fsp3) is 0.875. The van der Waals surface area contributed by atoms with Crippen LogP contribution < -0.4 is 11.1 Å². The van der Waals surface area contributed by atoms with E-state index in [0.29, 0.717) is 0 Å². The predicted octanol–water partition coefficient (Wildman–Crippen LogP) is 1.01. The van der Waals surface area contributed by atoms with Crippen molar-refractivity contribution in [2.24, 2.45) is 5.73 Å². The van der Waals surface area contributed by atoms with Gasteiger partial charge in [0.1, 0.15) is 0 Å². The molecule has 3 nitrogen and oxygen atoms in total. The lowest BCUT2D eigenvalue weighted by Gasteiger charge is -2.12. The van der Waals surface area contributed by atoms with Crippen molar-refractivity contribution in [2.45, 2.75) is 32.2 Å². The van der Waals surface area contributed by atoms with Crippen molar-refractivity contribution in [3.63, 3.8) is 0 Å². The highest BCUT2D eigenvalue weighted by Gasteiger charge is 2.10. The average Bonchev–Trinajstić information content (AvgIpc) is 2.04. The van der Waals surface area contributed by atoms with E-state index >= 15 is 0 Å². The largest absolute Gasteiger partial charge is 0.368 e. The quantitative estimate of drug-likeness (QED) is 0.513. The van der Waals surface area contributed by atoms with Crippen LogP contribution in [0.15, 0.2) is 0 Å². The number of rotatable bonds is 7. The van der Waals surface area contributed by atoms with Crippen LogP contribution in [0.2, 0.25) is 0 Å². The van der Waals surface area contributed by atoms with Gasteiger partial charge in [0.15, 0.2) is 0 Å². The van der Waals surface area contributed by atoms with Crippen molar-refractivity contribution in [3.05, 3.63) is 0 Å². The van der Waals surface area contributed by atoms with Crippen LogP contribution in [-0.4, -0.2) is 23.8 Å². The van der Waals surface area contributed by atoms with Crippen molar-refractivity contribution in [2.75, 3.05) is 11.9 Å². The summed E-state index contributed by atoms with van der Waals surface area (Å²) in [5.41, 5.74) is 5.15. The maximum atomic E-state index is 10.7. The molecule has 4 heteroatoms. The van der Waals surface area contributed by atoms with Gasteiger partial charge in [-0.25, -0.2) is 0 Å². The lowest BCUT2D eigenvalue weighted by Crippen LogP contribution is -2.41. The first-order valence-electron chi connectivity index (χ1n) is 4.31. The molecule has 0 aromatic carbocycles. The monoisotopic (exact) mass is 236 g/mol. The number of amides is 1. The zero-order valence-corrected chi connectivity index (χ0v) is 9.06. The number of carbonyl (C=O) groups excluding carboxylic acids is 1. The molecule has 0 saturated heterocycles. The van der Waals surface area contributed by atoms with Gasteiger partial charge >= 0.3 is 0 Å². The maximum Gasteiger partial charge on any atom is 0.234 e. The normalized spacial score (nSPS) is 12.8. The summed E-state index contributed by atoms with van der Waals surface area (Å²) in [5.74, 6) is -0.253. The molecule has 0 aliphatic carbocycles. The molecule has 0 radical (unpaired) electrons. The van der Waals surface area contributed by atoms with Crippen molar-refractivity contribution in [3.8, 4) is 0 Å². The van der Waals surface area contributed by atoms with Crippen molar-refractivity contribution in [1.29, 1.82) is 0 Å². The maximum absolute atomic E-state index is 10.7. The first-order chi connectivity index (χ1) is 5.72. The van der Waals surface area contributed by atoms with Crippen LogP contribution in [0.4, 0.5) is 0 Å². The number of primary amides is 1. The fourth-order valence-electron chi connectivity index (χ4n) is 0.942. The van der Waals surface area contributed by atoms with Gasteiger partial charge in [-0.1, -0.05) is 22.9 Å². The third-order valence-electron chi connectivity index (χ3n) is 1.70. The van der Waals surface area contributed by atoms with Crippen LogP contribution in [0.1, 0.15) is 26.2 Å². The number of nitrogens with one attached hydrogen (secondary N) is 1. The molecule has 0 aliphatic heterocycles. The molecule has 12 heavy (non-hydrogen) atoms. The van der Waals surface area contributed by atoms with Crippen molar-refractivity contribution in [1.82, 2.24) is 5.32 Å². The summed E-state index contributed by atoms with van der Waals surface area (Å²) in [6.45, 7) is 2.82. The van der Waals surface area contributed by atoms with Crippen LogP contribution >= 0.6 is 15.9 Å². The summed E-state index contributed by atoms with van der Waals surface area (Å²) in [4.78, 5) is 10.7. The van der Waals surface area contributed by atoms with E-state index in [2.05, 4.69) is 21.2 Å². The summed E-state index contributed by atoms with van der Waals surface area (Å²) < 4.78 is 0. The number of alkyl halides is 1. The Balaban J connectivity index is 3.38.